The number of hydrogen-bond donors (Lipinski definition) is 1. The van der Waals surface area contributed by atoms with Crippen LogP contribution in [-0.4, -0.2) is 49.9 Å². The Labute approximate surface area is 115 Å². The van der Waals surface area contributed by atoms with Crippen LogP contribution in [0.3, 0.4) is 0 Å². The van der Waals surface area contributed by atoms with Gasteiger partial charge in [-0.25, -0.2) is 0 Å². The number of hydrogen-bond acceptors (Lipinski definition) is 4. The number of benzene rings is 1. The molecule has 0 aromatic heterocycles. The van der Waals surface area contributed by atoms with E-state index in [1.807, 2.05) is 25.1 Å². The number of nitrogens with zero attached hydrogens (tertiary/aromatic N) is 1. The Balaban J connectivity index is 1.75. The van der Waals surface area contributed by atoms with Crippen molar-refractivity contribution in [2.75, 3.05) is 32.8 Å². The molecule has 2 N–H and O–H groups in total. The Morgan fingerprint density at radius 3 is 3.00 bits per heavy atom. The fraction of sp³-hybridized carbons (Fsp3) is 0.600. The second-order valence-corrected chi connectivity index (χ2v) is 5.18. The third-order valence-electron chi connectivity index (χ3n) is 3.52. The summed E-state index contributed by atoms with van der Waals surface area (Å²) in [5, 5.41) is 0. The van der Waals surface area contributed by atoms with E-state index in [0.717, 1.165) is 32.0 Å². The number of morpholine rings is 1. The molecule has 2 atom stereocenters. The van der Waals surface area contributed by atoms with Crippen molar-refractivity contribution in [2.45, 2.75) is 26.0 Å². The van der Waals surface area contributed by atoms with Gasteiger partial charge in [0.25, 0.3) is 0 Å². The first-order valence-corrected chi connectivity index (χ1v) is 6.95. The van der Waals surface area contributed by atoms with Crippen LogP contribution in [0.2, 0.25) is 0 Å². The number of rotatable bonds is 5. The highest BCUT2D eigenvalue weighted by Crippen LogP contribution is 2.16. The maximum absolute atomic E-state index is 5.89. The van der Waals surface area contributed by atoms with Gasteiger partial charge in [-0.3, -0.25) is 4.90 Å². The quantitative estimate of drug-likeness (QED) is 0.874. The van der Waals surface area contributed by atoms with E-state index in [1.165, 1.54) is 5.56 Å². The number of nitrogens with two attached hydrogens (primary N) is 1. The first-order chi connectivity index (χ1) is 9.16. The van der Waals surface area contributed by atoms with Crippen LogP contribution in [0.4, 0.5) is 0 Å². The van der Waals surface area contributed by atoms with Gasteiger partial charge in [-0.05, 0) is 25.5 Å². The lowest BCUT2D eigenvalue weighted by atomic mass is 10.1. The molecule has 1 aromatic rings. The molecular weight excluding hydrogens is 240 g/mol. The van der Waals surface area contributed by atoms with Crippen LogP contribution in [0.5, 0.6) is 5.75 Å². The zero-order valence-corrected chi connectivity index (χ0v) is 11.8. The van der Waals surface area contributed by atoms with E-state index in [4.69, 9.17) is 15.2 Å². The first-order valence-electron chi connectivity index (χ1n) is 6.95. The van der Waals surface area contributed by atoms with Gasteiger partial charge >= 0.3 is 0 Å². The first kappa shape index (κ1) is 14.3. The molecule has 0 aliphatic carbocycles. The molecule has 4 heteroatoms. The Kier molecular flexibility index (Phi) is 5.19. The molecule has 0 radical (unpaired) electrons. The predicted molar refractivity (Wildman–Crippen MR) is 76.5 cm³/mol. The van der Waals surface area contributed by atoms with Gasteiger partial charge in [0.15, 0.2) is 0 Å². The van der Waals surface area contributed by atoms with Gasteiger partial charge in [-0.15, -0.1) is 0 Å². The lowest BCUT2D eigenvalue weighted by Gasteiger charge is -2.34. The zero-order chi connectivity index (χ0) is 13.7. The average Bonchev–Trinajstić information content (AvgIpc) is 2.41. The van der Waals surface area contributed by atoms with Crippen molar-refractivity contribution in [1.29, 1.82) is 0 Å². The van der Waals surface area contributed by atoms with E-state index in [0.29, 0.717) is 6.61 Å². The van der Waals surface area contributed by atoms with E-state index in [2.05, 4.69) is 17.9 Å². The minimum Gasteiger partial charge on any atom is -0.492 e. The molecule has 1 saturated heterocycles. The van der Waals surface area contributed by atoms with Crippen molar-refractivity contribution >= 4 is 0 Å². The molecule has 2 unspecified atom stereocenters. The molecule has 1 fully saturated rings. The van der Waals surface area contributed by atoms with E-state index < -0.39 is 0 Å². The summed E-state index contributed by atoms with van der Waals surface area (Å²) in [5.74, 6) is 0.972. The summed E-state index contributed by atoms with van der Waals surface area (Å²) in [6.45, 7) is 8.30. The molecule has 0 bridgehead atoms. The summed E-state index contributed by atoms with van der Waals surface area (Å²) >= 11 is 0. The molecule has 0 amide bonds. The summed E-state index contributed by atoms with van der Waals surface area (Å²) in [6.07, 6.45) is 0.146. The lowest BCUT2D eigenvalue weighted by Crippen LogP contribution is -2.50. The van der Waals surface area contributed by atoms with Crippen LogP contribution in [-0.2, 0) is 4.74 Å². The molecule has 4 nitrogen and oxygen atoms in total. The SMILES string of the molecule is Cc1ccccc1OCCN1CCOC(C(C)N)C1. The summed E-state index contributed by atoms with van der Waals surface area (Å²) < 4.78 is 11.5. The van der Waals surface area contributed by atoms with Crippen LogP contribution in [0.15, 0.2) is 24.3 Å². The van der Waals surface area contributed by atoms with Crippen LogP contribution in [0.1, 0.15) is 12.5 Å². The molecule has 106 valence electrons. The van der Waals surface area contributed by atoms with Gasteiger partial charge in [0, 0.05) is 25.7 Å². The lowest BCUT2D eigenvalue weighted by molar-refractivity contribution is -0.0402. The van der Waals surface area contributed by atoms with E-state index in [-0.39, 0.29) is 12.1 Å². The van der Waals surface area contributed by atoms with Gasteiger partial charge in [0.1, 0.15) is 12.4 Å². The van der Waals surface area contributed by atoms with Crippen LogP contribution in [0.25, 0.3) is 0 Å². The third kappa shape index (κ3) is 4.20. The largest absolute Gasteiger partial charge is 0.492 e. The van der Waals surface area contributed by atoms with E-state index in [1.54, 1.807) is 0 Å². The smallest absolute Gasteiger partial charge is 0.122 e. The highest BCUT2D eigenvalue weighted by molar-refractivity contribution is 5.31. The molecule has 1 heterocycles. The van der Waals surface area contributed by atoms with Crippen molar-refractivity contribution < 1.29 is 9.47 Å². The Morgan fingerprint density at radius 2 is 2.26 bits per heavy atom. The summed E-state index contributed by atoms with van der Waals surface area (Å²) in [7, 11) is 0. The summed E-state index contributed by atoms with van der Waals surface area (Å²) in [5.41, 5.74) is 7.06. The van der Waals surface area contributed by atoms with Crippen LogP contribution in [0, 0.1) is 6.92 Å². The van der Waals surface area contributed by atoms with Gasteiger partial charge in [-0.1, -0.05) is 18.2 Å². The maximum atomic E-state index is 5.89. The number of ether oxygens (including phenoxy) is 2. The minimum atomic E-state index is 0.0834. The molecule has 0 saturated carbocycles. The van der Waals surface area contributed by atoms with Crippen molar-refractivity contribution in [3.63, 3.8) is 0 Å². The molecule has 19 heavy (non-hydrogen) atoms. The number of aryl methyl sites for hydroxylation is 1. The van der Waals surface area contributed by atoms with Gasteiger partial charge in [0.05, 0.1) is 12.7 Å². The monoisotopic (exact) mass is 264 g/mol. The molecule has 0 spiro atoms. The van der Waals surface area contributed by atoms with Crippen LogP contribution >= 0.6 is 0 Å². The Hall–Kier alpha value is -1.10. The highest BCUT2D eigenvalue weighted by Gasteiger charge is 2.22. The van der Waals surface area contributed by atoms with Gasteiger partial charge in [0.2, 0.25) is 0 Å². The predicted octanol–water partition coefficient (Wildman–Crippen LogP) is 1.42. The van der Waals surface area contributed by atoms with E-state index >= 15 is 0 Å². The van der Waals surface area contributed by atoms with Crippen molar-refractivity contribution in [3.05, 3.63) is 29.8 Å². The van der Waals surface area contributed by atoms with Crippen molar-refractivity contribution in [3.8, 4) is 5.75 Å². The molecule has 1 aliphatic rings. The van der Waals surface area contributed by atoms with Crippen LogP contribution < -0.4 is 10.5 Å². The second-order valence-electron chi connectivity index (χ2n) is 5.18. The fourth-order valence-corrected chi connectivity index (χ4v) is 2.26. The molecule has 2 rings (SSSR count). The fourth-order valence-electron chi connectivity index (χ4n) is 2.26. The molecule has 1 aromatic carbocycles. The maximum Gasteiger partial charge on any atom is 0.122 e. The standard InChI is InChI=1S/C15H24N2O2/c1-12-5-3-4-6-14(12)18-9-7-17-8-10-19-15(11-17)13(2)16/h3-6,13,15H,7-11,16H2,1-2H3. The Morgan fingerprint density at radius 1 is 1.47 bits per heavy atom. The molecular formula is C15H24N2O2. The second kappa shape index (κ2) is 6.89. The van der Waals surface area contributed by atoms with Gasteiger partial charge in [-0.2, -0.15) is 0 Å². The normalized spacial score (nSPS) is 22.2. The Bertz CT molecular complexity index is 395. The van der Waals surface area contributed by atoms with Gasteiger partial charge < -0.3 is 15.2 Å². The summed E-state index contributed by atoms with van der Waals surface area (Å²) in [4.78, 5) is 2.36. The average molecular weight is 264 g/mol. The molecule has 1 aliphatic heterocycles. The van der Waals surface area contributed by atoms with Crippen molar-refractivity contribution in [1.82, 2.24) is 4.90 Å². The zero-order valence-electron chi connectivity index (χ0n) is 11.8. The highest BCUT2D eigenvalue weighted by atomic mass is 16.5. The van der Waals surface area contributed by atoms with Crippen molar-refractivity contribution in [2.24, 2.45) is 5.73 Å². The summed E-state index contributed by atoms with van der Waals surface area (Å²) in [6, 6.07) is 8.19. The van der Waals surface area contributed by atoms with E-state index in [9.17, 15) is 0 Å². The minimum absolute atomic E-state index is 0.0834. The topological polar surface area (TPSA) is 47.7 Å². The third-order valence-corrected chi connectivity index (χ3v) is 3.52. The number of para-hydroxylation sites is 1.